The van der Waals surface area contributed by atoms with E-state index < -0.39 is 0 Å². The second kappa shape index (κ2) is 9.02. The van der Waals surface area contributed by atoms with Gasteiger partial charge in [-0.1, -0.05) is 25.6 Å². The molecule has 0 saturated carbocycles. The van der Waals surface area contributed by atoms with Crippen LogP contribution in [0.2, 0.25) is 0 Å². The lowest BCUT2D eigenvalue weighted by Crippen LogP contribution is -2.25. The van der Waals surface area contributed by atoms with Gasteiger partial charge in [0.15, 0.2) is 10.9 Å². The quantitative estimate of drug-likeness (QED) is 0.274. The maximum Gasteiger partial charge on any atom is 0.263 e. The van der Waals surface area contributed by atoms with Gasteiger partial charge in [-0.3, -0.25) is 14.2 Å². The van der Waals surface area contributed by atoms with Gasteiger partial charge in [0.25, 0.3) is 5.56 Å². The molecule has 0 aliphatic heterocycles. The molecule has 4 rings (SSSR count). The van der Waals surface area contributed by atoms with E-state index in [0.29, 0.717) is 23.2 Å². The summed E-state index contributed by atoms with van der Waals surface area (Å²) in [6, 6.07) is 5.57. The van der Waals surface area contributed by atoms with Gasteiger partial charge in [0.05, 0.1) is 11.1 Å². The molecule has 4 nitrogen and oxygen atoms in total. The van der Waals surface area contributed by atoms with Crippen LogP contribution in [0, 0.1) is 11.7 Å². The molecule has 0 spiro atoms. The highest BCUT2D eigenvalue weighted by Crippen LogP contribution is 2.34. The number of nitrogens with zero attached hydrogens (tertiary/aromatic N) is 2. The minimum Gasteiger partial charge on any atom is -0.293 e. The Balaban J connectivity index is 1.68. The summed E-state index contributed by atoms with van der Waals surface area (Å²) in [5.74, 6) is 0.157. The molecule has 158 valence electrons. The van der Waals surface area contributed by atoms with Crippen molar-refractivity contribution in [1.29, 1.82) is 0 Å². The SMILES string of the molecule is CC(C)CCn1c(SCC(=O)c2ccc(F)cc2)nc2sc3c(c2c1=O)CCCC3. The Hall–Kier alpha value is -1.99. The summed E-state index contributed by atoms with van der Waals surface area (Å²) in [7, 11) is 0. The number of thiophene rings is 1. The van der Waals surface area contributed by atoms with Crippen molar-refractivity contribution < 1.29 is 9.18 Å². The molecule has 1 aromatic carbocycles. The number of halogens is 1. The Kier molecular flexibility index (Phi) is 6.39. The van der Waals surface area contributed by atoms with E-state index in [1.807, 2.05) is 0 Å². The van der Waals surface area contributed by atoms with Gasteiger partial charge in [0, 0.05) is 17.0 Å². The molecule has 7 heteroatoms. The summed E-state index contributed by atoms with van der Waals surface area (Å²) in [5.41, 5.74) is 1.68. The summed E-state index contributed by atoms with van der Waals surface area (Å²) < 4.78 is 14.9. The van der Waals surface area contributed by atoms with Crippen LogP contribution in [0.15, 0.2) is 34.2 Å². The smallest absolute Gasteiger partial charge is 0.263 e. The summed E-state index contributed by atoms with van der Waals surface area (Å²) in [5, 5.41) is 1.38. The average molecular weight is 445 g/mol. The van der Waals surface area contributed by atoms with E-state index in [1.54, 1.807) is 15.9 Å². The van der Waals surface area contributed by atoms with Crippen LogP contribution in [-0.4, -0.2) is 21.1 Å². The van der Waals surface area contributed by atoms with Gasteiger partial charge in [-0.15, -0.1) is 11.3 Å². The first-order valence-corrected chi connectivity index (χ1v) is 12.2. The molecule has 0 N–H and O–H groups in total. The van der Waals surface area contributed by atoms with Gasteiger partial charge < -0.3 is 0 Å². The van der Waals surface area contributed by atoms with Crippen LogP contribution in [-0.2, 0) is 19.4 Å². The molecule has 1 aliphatic carbocycles. The first-order chi connectivity index (χ1) is 14.4. The molecule has 0 atom stereocenters. The lowest BCUT2D eigenvalue weighted by Gasteiger charge is -2.14. The minimum absolute atomic E-state index is 0.0248. The van der Waals surface area contributed by atoms with Crippen LogP contribution in [0.25, 0.3) is 10.2 Å². The predicted molar refractivity (Wildman–Crippen MR) is 121 cm³/mol. The number of thioether (sulfide) groups is 1. The molecular formula is C23H25FN2O2S2. The monoisotopic (exact) mass is 444 g/mol. The largest absolute Gasteiger partial charge is 0.293 e. The van der Waals surface area contributed by atoms with Crippen molar-refractivity contribution >= 4 is 39.1 Å². The van der Waals surface area contributed by atoms with Gasteiger partial charge in [0.2, 0.25) is 0 Å². The Labute approximate surface area is 183 Å². The summed E-state index contributed by atoms with van der Waals surface area (Å²) in [6.45, 7) is 4.86. The molecule has 0 bridgehead atoms. The number of ketones is 1. The summed E-state index contributed by atoms with van der Waals surface area (Å²) >= 11 is 2.93. The van der Waals surface area contributed by atoms with Crippen LogP contribution >= 0.6 is 23.1 Å². The predicted octanol–water partition coefficient (Wildman–Crippen LogP) is 5.50. The molecule has 2 aromatic heterocycles. The summed E-state index contributed by atoms with van der Waals surface area (Å²) in [4.78, 5) is 32.9. The van der Waals surface area contributed by atoms with Crippen LogP contribution in [0.4, 0.5) is 4.39 Å². The molecule has 30 heavy (non-hydrogen) atoms. The fraction of sp³-hybridized carbons (Fsp3) is 0.435. The van der Waals surface area contributed by atoms with E-state index in [9.17, 15) is 14.0 Å². The Morgan fingerprint density at radius 3 is 2.70 bits per heavy atom. The minimum atomic E-state index is -0.365. The van der Waals surface area contributed by atoms with Crippen LogP contribution in [0.3, 0.4) is 0 Å². The topological polar surface area (TPSA) is 52.0 Å². The zero-order valence-corrected chi connectivity index (χ0v) is 18.9. The second-order valence-electron chi connectivity index (χ2n) is 8.14. The van der Waals surface area contributed by atoms with Crippen molar-refractivity contribution in [3.63, 3.8) is 0 Å². The van der Waals surface area contributed by atoms with E-state index in [1.165, 1.54) is 46.5 Å². The van der Waals surface area contributed by atoms with E-state index in [-0.39, 0.29) is 22.9 Å². The highest BCUT2D eigenvalue weighted by Gasteiger charge is 2.22. The molecule has 2 heterocycles. The number of Topliss-reactive ketones (excluding diaryl/α,β-unsaturated/α-hetero) is 1. The molecule has 0 unspecified atom stereocenters. The highest BCUT2D eigenvalue weighted by atomic mass is 32.2. The average Bonchev–Trinajstić information content (AvgIpc) is 3.10. The lowest BCUT2D eigenvalue weighted by atomic mass is 9.97. The molecule has 0 amide bonds. The van der Waals surface area contributed by atoms with Gasteiger partial charge in [-0.2, -0.15) is 0 Å². The van der Waals surface area contributed by atoms with E-state index in [0.717, 1.165) is 42.3 Å². The number of carbonyl (C=O) groups is 1. The number of carbonyl (C=O) groups excluding carboxylic acids is 1. The Morgan fingerprint density at radius 1 is 1.23 bits per heavy atom. The van der Waals surface area contributed by atoms with Crippen LogP contribution in [0.5, 0.6) is 0 Å². The van der Waals surface area contributed by atoms with Crippen molar-refractivity contribution in [2.75, 3.05) is 5.75 Å². The maximum absolute atomic E-state index is 13.4. The third-order valence-electron chi connectivity index (χ3n) is 5.47. The Bertz CT molecular complexity index is 1130. The third-order valence-corrected chi connectivity index (χ3v) is 7.63. The number of hydrogen-bond donors (Lipinski definition) is 0. The van der Waals surface area contributed by atoms with E-state index in [2.05, 4.69) is 13.8 Å². The zero-order valence-electron chi connectivity index (χ0n) is 17.2. The van der Waals surface area contributed by atoms with E-state index in [4.69, 9.17) is 4.98 Å². The number of aryl methyl sites for hydroxylation is 2. The first kappa shape index (κ1) is 21.2. The third kappa shape index (κ3) is 4.37. The standard InChI is InChI=1S/C23H25FN2O2S2/c1-14(2)11-12-26-22(28)20-17-5-3-4-6-19(17)30-21(20)25-23(26)29-13-18(27)15-7-9-16(24)10-8-15/h7-10,14H,3-6,11-13H2,1-2H3. The highest BCUT2D eigenvalue weighted by molar-refractivity contribution is 7.99. The molecule has 0 fully saturated rings. The van der Waals surface area contributed by atoms with Crippen molar-refractivity contribution in [3.05, 3.63) is 56.4 Å². The van der Waals surface area contributed by atoms with Crippen molar-refractivity contribution in [2.45, 2.75) is 57.7 Å². The normalized spacial score (nSPS) is 13.7. The van der Waals surface area contributed by atoms with Crippen molar-refractivity contribution in [1.82, 2.24) is 9.55 Å². The van der Waals surface area contributed by atoms with Gasteiger partial charge >= 0.3 is 0 Å². The number of benzene rings is 1. The fourth-order valence-electron chi connectivity index (χ4n) is 3.76. The van der Waals surface area contributed by atoms with Gasteiger partial charge in [-0.05, 0) is 67.9 Å². The fourth-order valence-corrected chi connectivity index (χ4v) is 5.99. The van der Waals surface area contributed by atoms with Gasteiger partial charge in [-0.25, -0.2) is 9.37 Å². The van der Waals surface area contributed by atoms with Crippen molar-refractivity contribution in [3.8, 4) is 0 Å². The Morgan fingerprint density at radius 2 is 1.97 bits per heavy atom. The molecule has 1 aliphatic rings. The van der Waals surface area contributed by atoms with E-state index >= 15 is 0 Å². The maximum atomic E-state index is 13.4. The number of fused-ring (bicyclic) bond motifs is 3. The molecular weight excluding hydrogens is 419 g/mol. The number of rotatable bonds is 7. The van der Waals surface area contributed by atoms with Gasteiger partial charge in [0.1, 0.15) is 10.6 Å². The number of hydrogen-bond acceptors (Lipinski definition) is 5. The van der Waals surface area contributed by atoms with Crippen LogP contribution in [0.1, 0.15) is 53.9 Å². The lowest BCUT2D eigenvalue weighted by molar-refractivity contribution is 0.102. The first-order valence-electron chi connectivity index (χ1n) is 10.4. The second-order valence-corrected chi connectivity index (χ2v) is 10.2. The number of aromatic nitrogens is 2. The molecule has 0 saturated heterocycles. The zero-order chi connectivity index (χ0) is 21.3. The van der Waals surface area contributed by atoms with Crippen LogP contribution < -0.4 is 5.56 Å². The summed E-state index contributed by atoms with van der Waals surface area (Å²) in [6.07, 6.45) is 5.13. The van der Waals surface area contributed by atoms with Crippen molar-refractivity contribution in [2.24, 2.45) is 5.92 Å². The molecule has 3 aromatic rings. The molecule has 0 radical (unpaired) electrons.